The molecular formula is C16H23FN2O. The topological polar surface area (TPSA) is 46.3 Å². The fourth-order valence-corrected chi connectivity index (χ4v) is 2.89. The number of benzene rings is 1. The molecule has 1 heterocycles. The molecule has 2 rings (SSSR count). The summed E-state index contributed by atoms with van der Waals surface area (Å²) in [5.74, 6) is -0.0822. The molecule has 0 bridgehead atoms. The average Bonchev–Trinajstić information content (AvgIpc) is 2.38. The number of halogens is 1. The van der Waals surface area contributed by atoms with Gasteiger partial charge in [-0.1, -0.05) is 19.1 Å². The second kappa shape index (κ2) is 6.35. The number of hydrogen-bond acceptors (Lipinski definition) is 2. The number of carbonyl (C=O) groups is 1. The van der Waals surface area contributed by atoms with Gasteiger partial charge in [-0.2, -0.15) is 0 Å². The Labute approximate surface area is 120 Å². The third-order valence-corrected chi connectivity index (χ3v) is 4.14. The highest BCUT2D eigenvalue weighted by Gasteiger charge is 2.27. The molecule has 1 aromatic rings. The van der Waals surface area contributed by atoms with Crippen molar-refractivity contribution in [3.05, 3.63) is 35.6 Å². The van der Waals surface area contributed by atoms with Crippen LogP contribution in [-0.2, 0) is 4.79 Å². The van der Waals surface area contributed by atoms with Crippen LogP contribution in [0.4, 0.5) is 4.39 Å². The lowest BCUT2D eigenvalue weighted by Gasteiger charge is -2.37. The summed E-state index contributed by atoms with van der Waals surface area (Å²) < 4.78 is 13.2. The first kappa shape index (κ1) is 15.0. The van der Waals surface area contributed by atoms with Gasteiger partial charge in [0.15, 0.2) is 0 Å². The summed E-state index contributed by atoms with van der Waals surface area (Å²) in [5.41, 5.74) is 6.79. The largest absolute Gasteiger partial charge is 0.340 e. The van der Waals surface area contributed by atoms with E-state index in [1.54, 1.807) is 6.07 Å². The van der Waals surface area contributed by atoms with E-state index in [1.807, 2.05) is 24.8 Å². The van der Waals surface area contributed by atoms with Crippen molar-refractivity contribution in [3.8, 4) is 0 Å². The molecule has 20 heavy (non-hydrogen) atoms. The zero-order chi connectivity index (χ0) is 14.7. The predicted octanol–water partition coefficient (Wildman–Crippen LogP) is 2.66. The molecule has 3 atom stereocenters. The van der Waals surface area contributed by atoms with Crippen molar-refractivity contribution < 1.29 is 9.18 Å². The van der Waals surface area contributed by atoms with Gasteiger partial charge in [0.2, 0.25) is 5.91 Å². The van der Waals surface area contributed by atoms with Crippen LogP contribution in [-0.4, -0.2) is 29.4 Å². The molecule has 1 aromatic carbocycles. The minimum atomic E-state index is -0.251. The van der Waals surface area contributed by atoms with Crippen molar-refractivity contribution in [2.24, 2.45) is 5.73 Å². The lowest BCUT2D eigenvalue weighted by Crippen LogP contribution is -2.48. The quantitative estimate of drug-likeness (QED) is 0.924. The van der Waals surface area contributed by atoms with Crippen molar-refractivity contribution in [3.63, 3.8) is 0 Å². The third-order valence-electron chi connectivity index (χ3n) is 4.14. The molecule has 2 N–H and O–H groups in total. The monoisotopic (exact) mass is 278 g/mol. The van der Waals surface area contributed by atoms with E-state index in [4.69, 9.17) is 5.73 Å². The summed E-state index contributed by atoms with van der Waals surface area (Å²) in [6.07, 6.45) is 2.15. The molecule has 3 nitrogen and oxygen atoms in total. The Kier molecular flexibility index (Phi) is 4.76. The molecule has 4 heteroatoms. The molecule has 0 spiro atoms. The number of piperidine rings is 1. The summed E-state index contributed by atoms with van der Waals surface area (Å²) in [6, 6.07) is 6.89. The summed E-state index contributed by atoms with van der Waals surface area (Å²) in [7, 11) is 0. The van der Waals surface area contributed by atoms with Crippen LogP contribution in [0, 0.1) is 5.82 Å². The maximum absolute atomic E-state index is 13.2. The zero-order valence-electron chi connectivity index (χ0n) is 12.2. The van der Waals surface area contributed by atoms with Gasteiger partial charge in [-0.05, 0) is 43.4 Å². The Balaban J connectivity index is 1.97. The van der Waals surface area contributed by atoms with Crippen LogP contribution in [0.1, 0.15) is 44.6 Å². The average molecular weight is 278 g/mol. The van der Waals surface area contributed by atoms with Crippen LogP contribution >= 0.6 is 0 Å². The number of hydrogen-bond donors (Lipinski definition) is 1. The van der Waals surface area contributed by atoms with Crippen molar-refractivity contribution in [2.75, 3.05) is 6.54 Å². The summed E-state index contributed by atoms with van der Waals surface area (Å²) in [5, 5.41) is 0. The fourth-order valence-electron chi connectivity index (χ4n) is 2.89. The van der Waals surface area contributed by atoms with Gasteiger partial charge in [0.1, 0.15) is 5.82 Å². The summed E-state index contributed by atoms with van der Waals surface area (Å²) in [4.78, 5) is 14.3. The Morgan fingerprint density at radius 3 is 2.95 bits per heavy atom. The van der Waals surface area contributed by atoms with Crippen LogP contribution < -0.4 is 5.73 Å². The molecule has 1 saturated heterocycles. The summed E-state index contributed by atoms with van der Waals surface area (Å²) >= 11 is 0. The molecule has 0 aromatic heterocycles. The number of nitrogens with zero attached hydrogens (tertiary/aromatic N) is 1. The van der Waals surface area contributed by atoms with Gasteiger partial charge in [-0.15, -0.1) is 0 Å². The molecule has 0 saturated carbocycles. The molecule has 0 aliphatic carbocycles. The molecule has 1 aliphatic rings. The van der Waals surface area contributed by atoms with Gasteiger partial charge in [-0.3, -0.25) is 4.79 Å². The number of rotatable bonds is 3. The van der Waals surface area contributed by atoms with Crippen molar-refractivity contribution in [1.29, 1.82) is 0 Å². The van der Waals surface area contributed by atoms with Gasteiger partial charge in [0.25, 0.3) is 0 Å². The van der Waals surface area contributed by atoms with Gasteiger partial charge in [-0.25, -0.2) is 4.39 Å². The molecule has 1 aliphatic heterocycles. The van der Waals surface area contributed by atoms with Crippen LogP contribution in [0.15, 0.2) is 24.3 Å². The van der Waals surface area contributed by atoms with Crippen LogP contribution in [0.25, 0.3) is 0 Å². The van der Waals surface area contributed by atoms with E-state index in [0.29, 0.717) is 6.42 Å². The predicted molar refractivity (Wildman–Crippen MR) is 77.8 cm³/mol. The number of likely N-dealkylation sites (tertiary alicyclic amines) is 1. The SMILES string of the molecule is C[C@H](CC(=O)N1CC[C@@H](N)C[C@H]1C)c1cccc(F)c1. The minimum absolute atomic E-state index is 0.0287. The van der Waals surface area contributed by atoms with E-state index < -0.39 is 0 Å². The second-order valence-corrected chi connectivity index (χ2v) is 5.88. The van der Waals surface area contributed by atoms with Gasteiger partial charge in [0.05, 0.1) is 0 Å². The van der Waals surface area contributed by atoms with E-state index in [9.17, 15) is 9.18 Å². The lowest BCUT2D eigenvalue weighted by molar-refractivity contribution is -0.134. The smallest absolute Gasteiger partial charge is 0.223 e. The number of amides is 1. The molecule has 1 amide bonds. The van der Waals surface area contributed by atoms with Gasteiger partial charge in [0, 0.05) is 25.0 Å². The normalized spacial score (nSPS) is 24.5. The second-order valence-electron chi connectivity index (χ2n) is 5.88. The van der Waals surface area contributed by atoms with Crippen molar-refractivity contribution in [1.82, 2.24) is 4.90 Å². The van der Waals surface area contributed by atoms with E-state index in [2.05, 4.69) is 0 Å². The summed E-state index contributed by atoms with van der Waals surface area (Å²) in [6.45, 7) is 4.74. The molecule has 0 radical (unpaired) electrons. The number of nitrogens with two attached hydrogens (primary N) is 1. The third kappa shape index (κ3) is 3.57. The Bertz CT molecular complexity index is 477. The molecule has 110 valence electrons. The van der Waals surface area contributed by atoms with E-state index in [-0.39, 0.29) is 29.7 Å². The first-order valence-electron chi connectivity index (χ1n) is 7.28. The Morgan fingerprint density at radius 2 is 2.30 bits per heavy atom. The number of carbonyl (C=O) groups excluding carboxylic acids is 1. The first-order valence-corrected chi connectivity index (χ1v) is 7.28. The lowest BCUT2D eigenvalue weighted by atomic mass is 9.94. The Hall–Kier alpha value is -1.42. The fraction of sp³-hybridized carbons (Fsp3) is 0.562. The standard InChI is InChI=1S/C16H23FN2O/c1-11(13-4-3-5-14(17)10-13)8-16(20)19-7-6-15(18)9-12(19)2/h3-5,10-12,15H,6-9,18H2,1-2H3/t11-,12-,15-/m1/s1. The van der Waals surface area contributed by atoms with Crippen LogP contribution in [0.5, 0.6) is 0 Å². The highest BCUT2D eigenvalue weighted by molar-refractivity contribution is 5.77. The molecule has 1 fully saturated rings. The van der Waals surface area contributed by atoms with Crippen LogP contribution in [0.2, 0.25) is 0 Å². The first-order chi connectivity index (χ1) is 9.47. The van der Waals surface area contributed by atoms with E-state index >= 15 is 0 Å². The minimum Gasteiger partial charge on any atom is -0.340 e. The van der Waals surface area contributed by atoms with E-state index in [1.165, 1.54) is 12.1 Å². The van der Waals surface area contributed by atoms with E-state index in [0.717, 1.165) is 24.9 Å². The Morgan fingerprint density at radius 1 is 1.55 bits per heavy atom. The van der Waals surface area contributed by atoms with Gasteiger partial charge < -0.3 is 10.6 Å². The van der Waals surface area contributed by atoms with Crippen LogP contribution in [0.3, 0.4) is 0 Å². The van der Waals surface area contributed by atoms with Gasteiger partial charge >= 0.3 is 0 Å². The highest BCUT2D eigenvalue weighted by Crippen LogP contribution is 2.23. The maximum Gasteiger partial charge on any atom is 0.223 e. The van der Waals surface area contributed by atoms with Crippen molar-refractivity contribution >= 4 is 5.91 Å². The highest BCUT2D eigenvalue weighted by atomic mass is 19.1. The van der Waals surface area contributed by atoms with Crippen molar-refractivity contribution in [2.45, 2.75) is 51.1 Å². The molecular weight excluding hydrogens is 255 g/mol. The zero-order valence-corrected chi connectivity index (χ0v) is 12.2. The maximum atomic E-state index is 13.2. The molecule has 0 unspecified atom stereocenters.